The molecule has 160 valence electrons. The maximum Gasteiger partial charge on any atom is 0.265 e. The molecule has 0 spiro atoms. The Kier molecular flexibility index (Phi) is 5.65. The molecular weight excluding hydrogens is 419 g/mol. The predicted molar refractivity (Wildman–Crippen MR) is 117 cm³/mol. The number of nitrogens with one attached hydrogen (secondary N) is 1. The number of benzene rings is 3. The zero-order valence-corrected chi connectivity index (χ0v) is 17.9. The monoisotopic (exact) mass is 440 g/mol. The number of aliphatic imine (C=N–C) groups is 1. The topological polar surface area (TPSA) is 77.0 Å². The van der Waals surface area contributed by atoms with E-state index in [1.807, 2.05) is 6.07 Å². The molecule has 0 atom stereocenters. The zero-order chi connectivity index (χ0) is 22.0. The largest absolute Gasteiger partial charge is 0.497 e. The second kappa shape index (κ2) is 8.39. The minimum absolute atomic E-state index is 0.0319. The first-order chi connectivity index (χ1) is 14.9. The summed E-state index contributed by atoms with van der Waals surface area (Å²) >= 11 is 0. The molecule has 0 bridgehead atoms. The summed E-state index contributed by atoms with van der Waals surface area (Å²) in [6, 6.07) is 16.2. The summed E-state index contributed by atoms with van der Waals surface area (Å²) in [7, 11) is -1.08. The Hall–Kier alpha value is -3.39. The van der Waals surface area contributed by atoms with E-state index in [9.17, 15) is 12.8 Å². The number of hydrogen-bond donors (Lipinski definition) is 1. The minimum atomic E-state index is -3.95. The summed E-state index contributed by atoms with van der Waals surface area (Å²) in [6.07, 6.45) is 0.665. The van der Waals surface area contributed by atoms with Crippen molar-refractivity contribution < 1.29 is 22.3 Å². The number of fused-ring (bicyclic) bond motifs is 1. The van der Waals surface area contributed by atoms with Gasteiger partial charge in [-0.3, -0.25) is 9.71 Å². The van der Waals surface area contributed by atoms with Crippen molar-refractivity contribution >= 4 is 21.4 Å². The third-order valence-corrected chi connectivity index (χ3v) is 6.42. The van der Waals surface area contributed by atoms with Gasteiger partial charge in [0.1, 0.15) is 22.2 Å². The highest BCUT2D eigenvalue weighted by molar-refractivity contribution is 7.92. The van der Waals surface area contributed by atoms with E-state index in [0.717, 1.165) is 16.7 Å². The Morgan fingerprint density at radius 3 is 2.61 bits per heavy atom. The highest BCUT2D eigenvalue weighted by atomic mass is 32.2. The fraction of sp³-hybridized carbons (Fsp3) is 0.174. The van der Waals surface area contributed by atoms with Crippen LogP contribution in [0.15, 0.2) is 70.6 Å². The van der Waals surface area contributed by atoms with Crippen molar-refractivity contribution in [3.05, 3.63) is 83.2 Å². The van der Waals surface area contributed by atoms with Crippen LogP contribution in [0, 0.1) is 5.82 Å². The number of ether oxygens (including phenoxy) is 2. The van der Waals surface area contributed by atoms with Gasteiger partial charge in [0.2, 0.25) is 0 Å². The highest BCUT2D eigenvalue weighted by Crippen LogP contribution is 2.30. The average Bonchev–Trinajstić information content (AvgIpc) is 2.77. The smallest absolute Gasteiger partial charge is 0.265 e. The summed E-state index contributed by atoms with van der Waals surface area (Å²) in [5, 5.41) is 0. The molecule has 31 heavy (non-hydrogen) atoms. The van der Waals surface area contributed by atoms with Gasteiger partial charge in [-0.15, -0.1) is 0 Å². The van der Waals surface area contributed by atoms with Gasteiger partial charge < -0.3 is 9.47 Å². The predicted octanol–water partition coefficient (Wildman–Crippen LogP) is 4.04. The number of sulfonamides is 1. The van der Waals surface area contributed by atoms with Crippen molar-refractivity contribution in [2.75, 3.05) is 25.5 Å². The summed E-state index contributed by atoms with van der Waals surface area (Å²) in [5.74, 6) is 0.320. The van der Waals surface area contributed by atoms with Crippen LogP contribution < -0.4 is 14.2 Å². The Morgan fingerprint density at radius 2 is 1.84 bits per heavy atom. The molecule has 6 nitrogen and oxygen atoms in total. The Labute approximate surface area is 180 Å². The third-order valence-electron chi connectivity index (χ3n) is 5.02. The number of anilines is 1. The zero-order valence-electron chi connectivity index (χ0n) is 17.1. The summed E-state index contributed by atoms with van der Waals surface area (Å²) in [6.45, 7) is 0.544. The fourth-order valence-corrected chi connectivity index (χ4v) is 4.79. The van der Waals surface area contributed by atoms with Crippen molar-refractivity contribution in [2.24, 2.45) is 4.99 Å². The number of halogens is 1. The molecule has 1 heterocycles. The van der Waals surface area contributed by atoms with Crippen LogP contribution in [-0.4, -0.2) is 34.9 Å². The molecule has 0 aromatic heterocycles. The maximum absolute atomic E-state index is 13.6. The quantitative estimate of drug-likeness (QED) is 0.628. The first-order valence-electron chi connectivity index (χ1n) is 9.60. The lowest BCUT2D eigenvalue weighted by molar-refractivity contribution is 0.392. The first kappa shape index (κ1) is 20.9. The molecule has 4 rings (SSSR count). The molecule has 1 aliphatic rings. The summed E-state index contributed by atoms with van der Waals surface area (Å²) in [4.78, 5) is 4.57. The molecule has 1 N–H and O–H groups in total. The maximum atomic E-state index is 13.6. The molecule has 0 fully saturated rings. The van der Waals surface area contributed by atoms with Crippen molar-refractivity contribution in [1.29, 1.82) is 0 Å². The Morgan fingerprint density at radius 1 is 1.00 bits per heavy atom. The van der Waals surface area contributed by atoms with Crippen molar-refractivity contribution in [2.45, 2.75) is 11.3 Å². The van der Waals surface area contributed by atoms with E-state index in [1.54, 1.807) is 30.3 Å². The molecule has 0 saturated carbocycles. The molecule has 3 aromatic carbocycles. The molecular formula is C23H21FN2O4S. The van der Waals surface area contributed by atoms with Crippen molar-refractivity contribution in [3.63, 3.8) is 0 Å². The van der Waals surface area contributed by atoms with Crippen LogP contribution in [0.2, 0.25) is 0 Å². The van der Waals surface area contributed by atoms with Gasteiger partial charge in [-0.2, -0.15) is 0 Å². The van der Waals surface area contributed by atoms with Crippen LogP contribution in [0.4, 0.5) is 10.1 Å². The van der Waals surface area contributed by atoms with E-state index in [-0.39, 0.29) is 16.5 Å². The van der Waals surface area contributed by atoms with Gasteiger partial charge in [0.15, 0.2) is 0 Å². The molecule has 0 saturated heterocycles. The van der Waals surface area contributed by atoms with Gasteiger partial charge >= 0.3 is 0 Å². The molecule has 0 amide bonds. The normalized spacial score (nSPS) is 13.2. The third kappa shape index (κ3) is 4.25. The first-order valence-corrected chi connectivity index (χ1v) is 11.1. The van der Waals surface area contributed by atoms with Crippen molar-refractivity contribution in [1.82, 2.24) is 0 Å². The van der Waals surface area contributed by atoms with Gasteiger partial charge in [0.25, 0.3) is 10.0 Å². The second-order valence-corrected chi connectivity index (χ2v) is 8.64. The second-order valence-electron chi connectivity index (χ2n) is 6.98. The van der Waals surface area contributed by atoms with Gasteiger partial charge in [-0.25, -0.2) is 12.8 Å². The van der Waals surface area contributed by atoms with Gasteiger partial charge in [-0.05, 0) is 54.4 Å². The number of methoxy groups -OCH3 is 2. The van der Waals surface area contributed by atoms with Crippen LogP contribution in [0.25, 0.3) is 0 Å². The molecule has 0 aliphatic carbocycles. The van der Waals surface area contributed by atoms with Gasteiger partial charge in [0, 0.05) is 29.4 Å². The lowest BCUT2D eigenvalue weighted by atomic mass is 9.93. The minimum Gasteiger partial charge on any atom is -0.497 e. The van der Waals surface area contributed by atoms with E-state index in [4.69, 9.17) is 9.47 Å². The summed E-state index contributed by atoms with van der Waals surface area (Å²) < 4.78 is 52.7. The van der Waals surface area contributed by atoms with Crippen molar-refractivity contribution in [3.8, 4) is 11.5 Å². The van der Waals surface area contributed by atoms with Crippen LogP contribution in [0.5, 0.6) is 11.5 Å². The van der Waals surface area contributed by atoms with E-state index >= 15 is 0 Å². The molecule has 0 radical (unpaired) electrons. The number of nitrogens with zero attached hydrogens (tertiary/aromatic N) is 1. The molecule has 1 aliphatic heterocycles. The van der Waals surface area contributed by atoms with Gasteiger partial charge in [0.05, 0.1) is 19.9 Å². The van der Waals surface area contributed by atoms with E-state index in [2.05, 4.69) is 9.71 Å². The number of hydrogen-bond acceptors (Lipinski definition) is 5. The standard InChI is InChI=1S/C23H21FN2O4S/c1-29-19-7-9-21(30-2)22(14-19)31(27,28)26-18-5-3-4-16(13-18)23-20-8-6-17(24)12-15(20)10-11-25-23/h3-9,12-14,26H,10-11H2,1-2H3. The Balaban J connectivity index is 1.68. The van der Waals surface area contributed by atoms with Crippen LogP contribution >= 0.6 is 0 Å². The van der Waals surface area contributed by atoms with E-state index in [0.29, 0.717) is 30.1 Å². The molecule has 0 unspecified atom stereocenters. The summed E-state index contributed by atoms with van der Waals surface area (Å²) in [5.41, 5.74) is 3.56. The fourth-order valence-electron chi connectivity index (χ4n) is 3.55. The van der Waals surface area contributed by atoms with Crippen LogP contribution in [0.1, 0.15) is 16.7 Å². The lowest BCUT2D eigenvalue weighted by Gasteiger charge is -2.18. The average molecular weight is 440 g/mol. The number of rotatable bonds is 6. The van der Waals surface area contributed by atoms with E-state index in [1.165, 1.54) is 38.5 Å². The lowest BCUT2D eigenvalue weighted by Crippen LogP contribution is -2.16. The van der Waals surface area contributed by atoms with Crippen LogP contribution in [-0.2, 0) is 16.4 Å². The highest BCUT2D eigenvalue weighted by Gasteiger charge is 2.22. The SMILES string of the molecule is COc1ccc(OC)c(S(=O)(=O)Nc2cccc(C3=NCCc4cc(F)ccc43)c2)c1. The molecule has 3 aromatic rings. The Bertz CT molecular complexity index is 1270. The van der Waals surface area contributed by atoms with Gasteiger partial charge in [-0.1, -0.05) is 12.1 Å². The van der Waals surface area contributed by atoms with Crippen LogP contribution in [0.3, 0.4) is 0 Å². The van der Waals surface area contributed by atoms with E-state index < -0.39 is 10.0 Å². The molecule has 8 heteroatoms.